The van der Waals surface area contributed by atoms with Crippen molar-refractivity contribution in [1.82, 2.24) is 34.1 Å². The number of amides is 2. The average Bonchev–Trinajstić information content (AvgIpc) is 3.38. The van der Waals surface area contributed by atoms with Gasteiger partial charge in [0, 0.05) is 45.1 Å². The van der Waals surface area contributed by atoms with E-state index >= 15 is 0 Å². The summed E-state index contributed by atoms with van der Waals surface area (Å²) in [5.74, 6) is 0.440. The Kier molecular flexibility index (Phi) is 6.34. The second kappa shape index (κ2) is 9.38. The van der Waals surface area contributed by atoms with Gasteiger partial charge < -0.3 is 19.7 Å². The van der Waals surface area contributed by atoms with Gasteiger partial charge in [0.05, 0.1) is 28.3 Å². The molecule has 9 nitrogen and oxygen atoms in total. The first kappa shape index (κ1) is 22.3. The number of piperidine rings is 2. The molecule has 0 radical (unpaired) electrons. The number of hydrogen-bond donors (Lipinski definition) is 1. The van der Waals surface area contributed by atoms with Gasteiger partial charge in [-0.15, -0.1) is 0 Å². The molecular weight excluding hydrogens is 463 g/mol. The third kappa shape index (κ3) is 4.48. The zero-order chi connectivity index (χ0) is 22.9. The topological polar surface area (TPSA) is 84.1 Å². The van der Waals surface area contributed by atoms with E-state index in [4.69, 9.17) is 23.2 Å². The van der Waals surface area contributed by atoms with E-state index in [1.54, 1.807) is 6.20 Å². The maximum Gasteiger partial charge on any atom is 0.319 e. The summed E-state index contributed by atoms with van der Waals surface area (Å²) in [5.41, 5.74) is 1.43. The Hall–Kier alpha value is -2.52. The van der Waals surface area contributed by atoms with Crippen molar-refractivity contribution in [3.05, 3.63) is 28.8 Å². The number of hydrogen-bond acceptors (Lipinski definition) is 5. The minimum atomic E-state index is 0.179. The van der Waals surface area contributed by atoms with Crippen molar-refractivity contribution in [2.24, 2.45) is 0 Å². The van der Waals surface area contributed by atoms with Crippen molar-refractivity contribution < 1.29 is 4.79 Å². The Labute approximate surface area is 202 Å². The molecule has 3 aromatic rings. The second-order valence-electron chi connectivity index (χ2n) is 8.68. The highest BCUT2D eigenvalue weighted by Crippen LogP contribution is 2.30. The smallest absolute Gasteiger partial charge is 0.319 e. The minimum absolute atomic E-state index is 0.179. The van der Waals surface area contributed by atoms with Gasteiger partial charge in [-0.1, -0.05) is 23.2 Å². The fourth-order valence-electron chi connectivity index (χ4n) is 4.70. The molecule has 2 amide bonds. The highest BCUT2D eigenvalue weighted by molar-refractivity contribution is 6.35. The number of nitrogens with one attached hydrogen (secondary N) is 1. The molecule has 0 bridgehead atoms. The van der Waals surface area contributed by atoms with Gasteiger partial charge >= 0.3 is 6.03 Å². The van der Waals surface area contributed by atoms with Crippen LogP contribution in [0, 0.1) is 0 Å². The van der Waals surface area contributed by atoms with Crippen LogP contribution in [0.1, 0.15) is 45.1 Å². The lowest BCUT2D eigenvalue weighted by atomic mass is 10.1. The number of carbonyl (C=O) groups is 1. The molecule has 0 unspecified atom stereocenters. The van der Waals surface area contributed by atoms with Gasteiger partial charge in [0.15, 0.2) is 5.15 Å². The minimum Gasteiger partial charge on any atom is -0.331 e. The van der Waals surface area contributed by atoms with Crippen molar-refractivity contribution in [2.45, 2.75) is 51.6 Å². The van der Waals surface area contributed by atoms with E-state index in [0.29, 0.717) is 21.8 Å². The second-order valence-corrected chi connectivity index (χ2v) is 9.45. The van der Waals surface area contributed by atoms with Crippen LogP contribution in [0.3, 0.4) is 0 Å². The summed E-state index contributed by atoms with van der Waals surface area (Å²) >= 11 is 12.7. The molecule has 2 saturated heterocycles. The lowest BCUT2D eigenvalue weighted by Crippen LogP contribution is -2.48. The van der Waals surface area contributed by atoms with Crippen LogP contribution in [-0.2, 0) is 6.54 Å². The number of likely N-dealkylation sites (tertiary alicyclic amines) is 2. The fourth-order valence-corrected chi connectivity index (χ4v) is 5.13. The molecule has 0 atom stereocenters. The third-order valence-electron chi connectivity index (χ3n) is 6.58. The van der Waals surface area contributed by atoms with Crippen LogP contribution >= 0.6 is 23.2 Å². The maximum absolute atomic E-state index is 12.8. The number of nitrogens with zero attached hydrogens (tertiary/aromatic N) is 7. The molecule has 11 heteroatoms. The summed E-state index contributed by atoms with van der Waals surface area (Å²) in [5, 5.41) is 9.52. The van der Waals surface area contributed by atoms with Crippen LogP contribution in [0.4, 0.5) is 16.4 Å². The zero-order valence-electron chi connectivity index (χ0n) is 18.7. The standard InChI is InChI=1S/C22H28Cl2N8O/c1-2-29-13-17(23)16-12-25-21(27-20(16)29)26-18-14-32(28-19(18)24)15-6-10-31(11-7-15)22(33)30-8-4-3-5-9-30/h12-15H,2-11H2,1H3,(H,25,26,27). The number of carbonyl (C=O) groups excluding carboxylic acids is 1. The summed E-state index contributed by atoms with van der Waals surface area (Å²) in [4.78, 5) is 25.7. The molecule has 33 heavy (non-hydrogen) atoms. The van der Waals surface area contributed by atoms with Gasteiger partial charge in [-0.3, -0.25) is 4.68 Å². The van der Waals surface area contributed by atoms with Gasteiger partial charge in [-0.25, -0.2) is 9.78 Å². The lowest BCUT2D eigenvalue weighted by molar-refractivity contribution is 0.124. The Bertz CT molecular complexity index is 1140. The van der Waals surface area contributed by atoms with E-state index in [1.807, 2.05) is 38.4 Å². The summed E-state index contributed by atoms with van der Waals surface area (Å²) in [6, 6.07) is 0.376. The Morgan fingerprint density at radius 1 is 1.09 bits per heavy atom. The number of anilines is 2. The molecule has 0 aromatic carbocycles. The highest BCUT2D eigenvalue weighted by Gasteiger charge is 2.28. The van der Waals surface area contributed by atoms with Gasteiger partial charge in [0.2, 0.25) is 5.95 Å². The largest absolute Gasteiger partial charge is 0.331 e. The van der Waals surface area contributed by atoms with E-state index in [-0.39, 0.29) is 12.1 Å². The van der Waals surface area contributed by atoms with Gasteiger partial charge in [0.1, 0.15) is 5.65 Å². The Balaban J connectivity index is 1.25. The third-order valence-corrected chi connectivity index (χ3v) is 7.16. The highest BCUT2D eigenvalue weighted by atomic mass is 35.5. The lowest BCUT2D eigenvalue weighted by Gasteiger charge is -2.37. The number of rotatable bonds is 4. The average molecular weight is 491 g/mol. The zero-order valence-corrected chi connectivity index (χ0v) is 20.2. The van der Waals surface area contributed by atoms with Crippen LogP contribution in [0.2, 0.25) is 10.2 Å². The van der Waals surface area contributed by atoms with E-state index in [2.05, 4.69) is 20.4 Å². The van der Waals surface area contributed by atoms with Crippen LogP contribution in [-0.4, -0.2) is 66.3 Å². The molecule has 1 N–H and O–H groups in total. The first-order valence-electron chi connectivity index (χ1n) is 11.6. The van der Waals surface area contributed by atoms with E-state index < -0.39 is 0 Å². The van der Waals surface area contributed by atoms with Crippen molar-refractivity contribution in [3.8, 4) is 0 Å². The number of aryl methyl sites for hydroxylation is 1. The SMILES string of the molecule is CCn1cc(Cl)c2cnc(Nc3cn(C4CCN(C(=O)N5CCCCC5)CC4)nc3Cl)nc21. The summed E-state index contributed by atoms with van der Waals surface area (Å²) in [7, 11) is 0. The van der Waals surface area contributed by atoms with Crippen LogP contribution in [0.25, 0.3) is 11.0 Å². The predicted octanol–water partition coefficient (Wildman–Crippen LogP) is 4.94. The molecule has 2 aliphatic heterocycles. The van der Waals surface area contributed by atoms with Gasteiger partial charge in [-0.05, 0) is 39.0 Å². The van der Waals surface area contributed by atoms with Crippen molar-refractivity contribution in [2.75, 3.05) is 31.5 Å². The van der Waals surface area contributed by atoms with E-state index in [9.17, 15) is 4.79 Å². The molecular formula is C22H28Cl2N8O. The quantitative estimate of drug-likeness (QED) is 0.559. The van der Waals surface area contributed by atoms with Crippen LogP contribution in [0.5, 0.6) is 0 Å². The van der Waals surface area contributed by atoms with Gasteiger partial charge in [-0.2, -0.15) is 10.1 Å². The van der Waals surface area contributed by atoms with E-state index in [0.717, 1.165) is 69.4 Å². The monoisotopic (exact) mass is 490 g/mol. The molecule has 176 valence electrons. The number of fused-ring (bicyclic) bond motifs is 1. The molecule has 0 aliphatic carbocycles. The van der Waals surface area contributed by atoms with Crippen molar-refractivity contribution in [3.63, 3.8) is 0 Å². The first-order chi connectivity index (χ1) is 16.0. The first-order valence-corrected chi connectivity index (χ1v) is 12.4. The number of halogens is 2. The molecule has 3 aromatic heterocycles. The molecule has 2 aliphatic rings. The maximum atomic E-state index is 12.8. The summed E-state index contributed by atoms with van der Waals surface area (Å²) < 4.78 is 3.88. The molecule has 5 rings (SSSR count). The van der Waals surface area contributed by atoms with Gasteiger partial charge in [0.25, 0.3) is 0 Å². The molecule has 0 spiro atoms. The molecule has 5 heterocycles. The summed E-state index contributed by atoms with van der Waals surface area (Å²) in [6.07, 6.45) is 10.6. The molecule has 2 fully saturated rings. The number of aromatic nitrogens is 5. The van der Waals surface area contributed by atoms with Crippen molar-refractivity contribution >= 4 is 51.9 Å². The van der Waals surface area contributed by atoms with Crippen LogP contribution < -0.4 is 5.32 Å². The Morgan fingerprint density at radius 3 is 2.55 bits per heavy atom. The number of urea groups is 1. The fraction of sp³-hybridized carbons (Fsp3) is 0.545. The van der Waals surface area contributed by atoms with Crippen molar-refractivity contribution in [1.29, 1.82) is 0 Å². The van der Waals surface area contributed by atoms with E-state index in [1.165, 1.54) is 6.42 Å². The predicted molar refractivity (Wildman–Crippen MR) is 129 cm³/mol. The normalized spacial score (nSPS) is 17.7. The molecule has 0 saturated carbocycles. The van der Waals surface area contributed by atoms with Crippen LogP contribution in [0.15, 0.2) is 18.6 Å². The Morgan fingerprint density at radius 2 is 1.82 bits per heavy atom. The summed E-state index contributed by atoms with van der Waals surface area (Å²) in [6.45, 7) is 6.02.